The molecule has 0 saturated heterocycles. The molecule has 1 N–H and O–H groups in total. The Hall–Kier alpha value is -3.09. The summed E-state index contributed by atoms with van der Waals surface area (Å²) in [5.74, 6) is -1.43. The molecule has 0 amide bonds. The Labute approximate surface area is 137 Å². The Morgan fingerprint density at radius 3 is 2.79 bits per heavy atom. The van der Waals surface area contributed by atoms with Crippen molar-refractivity contribution in [2.75, 3.05) is 7.11 Å². The number of rotatable bonds is 4. The predicted octanol–water partition coefficient (Wildman–Crippen LogP) is 1.93. The molecule has 0 fully saturated rings. The summed E-state index contributed by atoms with van der Waals surface area (Å²) in [4.78, 5) is 24.3. The van der Waals surface area contributed by atoms with E-state index in [1.807, 2.05) is 0 Å². The SMILES string of the molecule is COC(=O)C[C@@H](c1c(O)c2ccccc2oc1=O)c1ccnn1C. The van der Waals surface area contributed by atoms with Crippen LogP contribution in [0.5, 0.6) is 5.75 Å². The van der Waals surface area contributed by atoms with Crippen molar-refractivity contribution in [3.8, 4) is 5.75 Å². The molecule has 0 radical (unpaired) electrons. The highest BCUT2D eigenvalue weighted by molar-refractivity contribution is 5.84. The molecule has 3 rings (SSSR count). The Balaban J connectivity index is 2.25. The first-order valence-corrected chi connectivity index (χ1v) is 7.32. The van der Waals surface area contributed by atoms with Crippen LogP contribution in [0.1, 0.15) is 23.6 Å². The van der Waals surface area contributed by atoms with E-state index < -0.39 is 17.5 Å². The maximum Gasteiger partial charge on any atom is 0.343 e. The summed E-state index contributed by atoms with van der Waals surface area (Å²) in [6.45, 7) is 0. The number of hydrogen-bond donors (Lipinski definition) is 1. The lowest BCUT2D eigenvalue weighted by atomic mass is 9.92. The summed E-state index contributed by atoms with van der Waals surface area (Å²) < 4.78 is 11.6. The molecule has 1 atom stereocenters. The second-order valence-electron chi connectivity index (χ2n) is 5.36. The highest BCUT2D eigenvalue weighted by atomic mass is 16.5. The van der Waals surface area contributed by atoms with E-state index in [2.05, 4.69) is 5.10 Å². The molecular formula is C17H16N2O5. The fourth-order valence-corrected chi connectivity index (χ4v) is 2.79. The van der Waals surface area contributed by atoms with E-state index in [0.29, 0.717) is 11.1 Å². The zero-order chi connectivity index (χ0) is 17.3. The molecule has 0 unspecified atom stereocenters. The van der Waals surface area contributed by atoms with E-state index >= 15 is 0 Å². The van der Waals surface area contributed by atoms with Crippen molar-refractivity contribution >= 4 is 16.9 Å². The van der Waals surface area contributed by atoms with Crippen molar-refractivity contribution in [2.24, 2.45) is 7.05 Å². The predicted molar refractivity (Wildman–Crippen MR) is 85.8 cm³/mol. The number of hydrogen-bond acceptors (Lipinski definition) is 6. The number of aromatic nitrogens is 2. The molecular weight excluding hydrogens is 312 g/mol. The molecule has 0 aliphatic carbocycles. The average Bonchev–Trinajstić information content (AvgIpc) is 2.99. The molecule has 2 heterocycles. The van der Waals surface area contributed by atoms with Crippen LogP contribution in [0.4, 0.5) is 0 Å². The number of esters is 1. The van der Waals surface area contributed by atoms with Gasteiger partial charge >= 0.3 is 11.6 Å². The third-order valence-corrected chi connectivity index (χ3v) is 3.98. The van der Waals surface area contributed by atoms with Gasteiger partial charge in [0.2, 0.25) is 0 Å². The fourth-order valence-electron chi connectivity index (χ4n) is 2.79. The molecule has 0 aliphatic heterocycles. The summed E-state index contributed by atoms with van der Waals surface area (Å²) in [7, 11) is 2.96. The van der Waals surface area contributed by atoms with Gasteiger partial charge in [0, 0.05) is 24.9 Å². The number of carbonyl (C=O) groups is 1. The topological polar surface area (TPSA) is 94.6 Å². The van der Waals surface area contributed by atoms with Gasteiger partial charge < -0.3 is 14.3 Å². The van der Waals surface area contributed by atoms with Crippen LogP contribution in [0.15, 0.2) is 45.7 Å². The van der Waals surface area contributed by atoms with Crippen LogP contribution in [-0.2, 0) is 16.6 Å². The Morgan fingerprint density at radius 2 is 2.12 bits per heavy atom. The van der Waals surface area contributed by atoms with Gasteiger partial charge in [0.05, 0.1) is 24.5 Å². The van der Waals surface area contributed by atoms with Crippen LogP contribution in [0.3, 0.4) is 0 Å². The average molecular weight is 328 g/mol. The van der Waals surface area contributed by atoms with Gasteiger partial charge in [0.15, 0.2) is 0 Å². The minimum atomic E-state index is -0.731. The van der Waals surface area contributed by atoms with Gasteiger partial charge in [0.1, 0.15) is 11.3 Å². The lowest BCUT2D eigenvalue weighted by Crippen LogP contribution is -2.20. The number of nitrogens with zero attached hydrogens (tertiary/aromatic N) is 2. The smallest absolute Gasteiger partial charge is 0.343 e. The quantitative estimate of drug-likeness (QED) is 0.581. The summed E-state index contributed by atoms with van der Waals surface area (Å²) >= 11 is 0. The van der Waals surface area contributed by atoms with Crippen molar-refractivity contribution in [3.05, 3.63) is 58.2 Å². The third-order valence-electron chi connectivity index (χ3n) is 3.98. The van der Waals surface area contributed by atoms with E-state index in [0.717, 1.165) is 0 Å². The third kappa shape index (κ3) is 2.64. The molecule has 2 aromatic heterocycles. The van der Waals surface area contributed by atoms with Crippen LogP contribution < -0.4 is 5.63 Å². The van der Waals surface area contributed by atoms with Crippen molar-refractivity contribution < 1.29 is 19.1 Å². The first kappa shape index (κ1) is 15.8. The van der Waals surface area contributed by atoms with Gasteiger partial charge in [-0.05, 0) is 18.2 Å². The van der Waals surface area contributed by atoms with Crippen LogP contribution in [0, 0.1) is 0 Å². The number of ether oxygens (including phenoxy) is 1. The zero-order valence-electron chi connectivity index (χ0n) is 13.2. The second kappa shape index (κ2) is 6.19. The minimum absolute atomic E-state index is 0.0164. The standard InChI is InChI=1S/C17H16N2O5/c1-19-12(7-8-18-19)11(9-14(20)23-2)15-16(21)10-5-3-4-6-13(10)24-17(15)22/h3-8,11,21H,9H2,1-2H3/t11-/m1/s1. The highest BCUT2D eigenvalue weighted by Gasteiger charge is 2.29. The first-order chi connectivity index (χ1) is 11.5. The molecule has 3 aromatic rings. The van der Waals surface area contributed by atoms with Crippen molar-refractivity contribution in [3.63, 3.8) is 0 Å². The fraction of sp³-hybridized carbons (Fsp3) is 0.235. The molecule has 0 spiro atoms. The van der Waals surface area contributed by atoms with Gasteiger partial charge in [-0.1, -0.05) is 12.1 Å². The van der Waals surface area contributed by atoms with E-state index in [1.54, 1.807) is 48.3 Å². The lowest BCUT2D eigenvalue weighted by molar-refractivity contribution is -0.140. The molecule has 0 saturated carbocycles. The van der Waals surface area contributed by atoms with Crippen molar-refractivity contribution in [2.45, 2.75) is 12.3 Å². The number of benzene rings is 1. The molecule has 7 heteroatoms. The largest absolute Gasteiger partial charge is 0.507 e. The molecule has 7 nitrogen and oxygen atoms in total. The lowest BCUT2D eigenvalue weighted by Gasteiger charge is -2.17. The van der Waals surface area contributed by atoms with Crippen LogP contribution in [0.2, 0.25) is 0 Å². The van der Waals surface area contributed by atoms with E-state index in [9.17, 15) is 14.7 Å². The summed E-state index contributed by atoms with van der Waals surface area (Å²) in [6.07, 6.45) is 1.44. The van der Waals surface area contributed by atoms with E-state index in [-0.39, 0.29) is 23.3 Å². The minimum Gasteiger partial charge on any atom is -0.507 e. The highest BCUT2D eigenvalue weighted by Crippen LogP contribution is 2.35. The van der Waals surface area contributed by atoms with E-state index in [1.165, 1.54) is 7.11 Å². The first-order valence-electron chi connectivity index (χ1n) is 7.32. The zero-order valence-corrected chi connectivity index (χ0v) is 13.2. The van der Waals surface area contributed by atoms with Crippen molar-refractivity contribution in [1.29, 1.82) is 0 Å². The molecule has 0 aliphatic rings. The van der Waals surface area contributed by atoms with Crippen LogP contribution >= 0.6 is 0 Å². The molecule has 24 heavy (non-hydrogen) atoms. The number of methoxy groups -OCH3 is 1. The number of carbonyl (C=O) groups excluding carboxylic acids is 1. The van der Waals surface area contributed by atoms with Gasteiger partial charge in [-0.25, -0.2) is 4.79 Å². The maximum absolute atomic E-state index is 12.5. The summed E-state index contributed by atoms with van der Waals surface area (Å²) in [6, 6.07) is 8.36. The van der Waals surface area contributed by atoms with Gasteiger partial charge in [0.25, 0.3) is 0 Å². The maximum atomic E-state index is 12.5. The summed E-state index contributed by atoms with van der Waals surface area (Å²) in [5, 5.41) is 15.1. The van der Waals surface area contributed by atoms with Crippen LogP contribution in [-0.4, -0.2) is 28.0 Å². The van der Waals surface area contributed by atoms with Crippen molar-refractivity contribution in [1.82, 2.24) is 9.78 Å². The monoisotopic (exact) mass is 328 g/mol. The van der Waals surface area contributed by atoms with Gasteiger partial charge in [-0.15, -0.1) is 0 Å². The molecule has 0 bridgehead atoms. The number of aryl methyl sites for hydroxylation is 1. The van der Waals surface area contributed by atoms with Gasteiger partial charge in [-0.3, -0.25) is 9.48 Å². The Morgan fingerprint density at radius 1 is 1.38 bits per heavy atom. The summed E-state index contributed by atoms with van der Waals surface area (Å²) in [5.41, 5.74) is 0.202. The number of para-hydroxylation sites is 1. The molecule has 124 valence electrons. The van der Waals surface area contributed by atoms with Crippen LogP contribution in [0.25, 0.3) is 11.0 Å². The van der Waals surface area contributed by atoms with Gasteiger partial charge in [-0.2, -0.15) is 5.10 Å². The Bertz CT molecular complexity index is 957. The second-order valence-corrected chi connectivity index (χ2v) is 5.36. The normalized spacial score (nSPS) is 12.2. The number of fused-ring (bicyclic) bond motifs is 1. The number of aromatic hydroxyl groups is 1. The van der Waals surface area contributed by atoms with E-state index in [4.69, 9.17) is 9.15 Å². The Kier molecular flexibility index (Phi) is 4.07. The molecule has 1 aromatic carbocycles.